The molecule has 0 aromatic heterocycles. The van der Waals surface area contributed by atoms with Gasteiger partial charge in [0.2, 0.25) is 0 Å². The molecule has 0 bridgehead atoms. The van der Waals surface area contributed by atoms with Crippen LogP contribution in [0.5, 0.6) is 0 Å². The molecule has 2 N–H and O–H groups in total. The fraction of sp³-hybridized carbons (Fsp3) is 0.364. The van der Waals surface area contributed by atoms with Crippen molar-refractivity contribution in [3.63, 3.8) is 0 Å². The fourth-order valence-electron chi connectivity index (χ4n) is 1.53. The number of hydrogen-bond donors (Lipinski definition) is 2. The summed E-state index contributed by atoms with van der Waals surface area (Å²) in [5, 5.41) is 5.65. The quantitative estimate of drug-likeness (QED) is 0.843. The van der Waals surface area contributed by atoms with E-state index in [0.29, 0.717) is 18.8 Å². The number of anilines is 1. The number of carbonyl (C=O) groups excluding carboxylic acids is 1. The average molecular weight is 259 g/mol. The number of benzene rings is 1. The summed E-state index contributed by atoms with van der Waals surface area (Å²) in [6, 6.07) is 4.03. The second-order valence-corrected chi connectivity index (χ2v) is 4.09. The van der Waals surface area contributed by atoms with E-state index in [-0.39, 0.29) is 10.9 Å². The maximum atomic E-state index is 12.9. The van der Waals surface area contributed by atoms with Crippen LogP contribution in [0.15, 0.2) is 18.2 Å². The van der Waals surface area contributed by atoms with Gasteiger partial charge in [0.25, 0.3) is 5.91 Å². The second kappa shape index (κ2) is 5.44. The highest BCUT2D eigenvalue weighted by Crippen LogP contribution is 2.19. The molecule has 1 aromatic carbocycles. The molecule has 1 aliphatic rings. The molecule has 1 fully saturated rings. The Morgan fingerprint density at radius 3 is 3.06 bits per heavy atom. The van der Waals surface area contributed by atoms with Gasteiger partial charge in [-0.1, -0.05) is 11.6 Å². The molecule has 1 unspecified atom stereocenters. The monoisotopic (exact) mass is 258 g/mol. The first-order chi connectivity index (χ1) is 8.16. The van der Waals surface area contributed by atoms with E-state index in [1.165, 1.54) is 18.2 Å². The van der Waals surface area contributed by atoms with Gasteiger partial charge in [-0.3, -0.25) is 4.79 Å². The van der Waals surface area contributed by atoms with Crippen molar-refractivity contribution < 1.29 is 13.9 Å². The molecular weight excluding hydrogens is 247 g/mol. The Hall–Kier alpha value is -1.17. The predicted molar refractivity (Wildman–Crippen MR) is 62.6 cm³/mol. The van der Waals surface area contributed by atoms with E-state index in [0.717, 1.165) is 6.54 Å². The van der Waals surface area contributed by atoms with Crippen molar-refractivity contribution in [1.29, 1.82) is 0 Å². The van der Waals surface area contributed by atoms with Gasteiger partial charge in [0, 0.05) is 18.8 Å². The Bertz CT molecular complexity index is 422. The smallest absolute Gasteiger partial charge is 0.254 e. The highest BCUT2D eigenvalue weighted by atomic mass is 35.5. The Labute approximate surface area is 103 Å². The van der Waals surface area contributed by atoms with Crippen molar-refractivity contribution in [3.05, 3.63) is 29.0 Å². The topological polar surface area (TPSA) is 50.4 Å². The van der Waals surface area contributed by atoms with Gasteiger partial charge in [-0.2, -0.15) is 0 Å². The number of carbonyl (C=O) groups is 1. The minimum atomic E-state index is -0.521. The predicted octanol–water partition coefficient (Wildman–Crippen LogP) is 1.41. The van der Waals surface area contributed by atoms with Crippen LogP contribution >= 0.6 is 11.6 Å². The third-order valence-electron chi connectivity index (χ3n) is 2.41. The molecule has 0 aliphatic carbocycles. The molecule has 92 valence electrons. The molecule has 0 radical (unpaired) electrons. The maximum Gasteiger partial charge on any atom is 0.254 e. The molecule has 1 saturated heterocycles. The summed E-state index contributed by atoms with van der Waals surface area (Å²) in [5.74, 6) is -0.778. The van der Waals surface area contributed by atoms with E-state index >= 15 is 0 Å². The number of rotatable bonds is 2. The molecule has 6 heteroatoms. The lowest BCUT2D eigenvalue weighted by molar-refractivity contribution is -0.128. The number of amides is 1. The highest BCUT2D eigenvalue weighted by Gasteiger charge is 2.21. The van der Waals surface area contributed by atoms with Crippen molar-refractivity contribution >= 4 is 23.2 Å². The summed E-state index contributed by atoms with van der Waals surface area (Å²) < 4.78 is 18.2. The van der Waals surface area contributed by atoms with E-state index in [9.17, 15) is 9.18 Å². The third-order valence-corrected chi connectivity index (χ3v) is 2.70. The summed E-state index contributed by atoms with van der Waals surface area (Å²) in [5.41, 5.74) is 0.454. The van der Waals surface area contributed by atoms with Crippen LogP contribution in [0, 0.1) is 5.82 Å². The van der Waals surface area contributed by atoms with Crippen LogP contribution in [-0.2, 0) is 9.53 Å². The third kappa shape index (κ3) is 3.15. The first kappa shape index (κ1) is 12.3. The van der Waals surface area contributed by atoms with Crippen LogP contribution in [0.2, 0.25) is 5.02 Å². The summed E-state index contributed by atoms with van der Waals surface area (Å²) >= 11 is 5.61. The standard InChI is InChI=1S/C11H12ClFN2O2/c12-8-5-7(1-2-9(8)13)15-11(16)10-6-14-3-4-17-10/h1-2,5,10,14H,3-4,6H2,(H,15,16). The molecule has 0 saturated carbocycles. The van der Waals surface area contributed by atoms with Gasteiger partial charge in [-0.25, -0.2) is 4.39 Å². The van der Waals surface area contributed by atoms with Gasteiger partial charge in [0.15, 0.2) is 0 Å². The Kier molecular flexibility index (Phi) is 3.93. The van der Waals surface area contributed by atoms with E-state index in [4.69, 9.17) is 16.3 Å². The summed E-state index contributed by atoms with van der Waals surface area (Å²) in [6.07, 6.45) is -0.521. The number of morpholine rings is 1. The van der Waals surface area contributed by atoms with Crippen molar-refractivity contribution in [2.75, 3.05) is 25.0 Å². The van der Waals surface area contributed by atoms with Gasteiger partial charge in [0.1, 0.15) is 11.9 Å². The fourth-order valence-corrected chi connectivity index (χ4v) is 1.71. The van der Waals surface area contributed by atoms with Crippen molar-refractivity contribution in [2.45, 2.75) is 6.10 Å². The lowest BCUT2D eigenvalue weighted by Gasteiger charge is -2.22. The molecule has 1 heterocycles. The van der Waals surface area contributed by atoms with Crippen LogP contribution < -0.4 is 10.6 Å². The lowest BCUT2D eigenvalue weighted by atomic mass is 10.2. The van der Waals surface area contributed by atoms with E-state index < -0.39 is 11.9 Å². The number of hydrogen-bond acceptors (Lipinski definition) is 3. The molecule has 0 spiro atoms. The van der Waals surface area contributed by atoms with Gasteiger partial charge in [-0.05, 0) is 18.2 Å². The minimum absolute atomic E-state index is 0.0227. The van der Waals surface area contributed by atoms with Crippen LogP contribution in [0.1, 0.15) is 0 Å². The zero-order valence-electron chi connectivity index (χ0n) is 9.00. The molecule has 1 aliphatic heterocycles. The molecule has 1 aromatic rings. The average Bonchev–Trinajstić information content (AvgIpc) is 2.35. The summed E-state index contributed by atoms with van der Waals surface area (Å²) in [7, 11) is 0. The van der Waals surface area contributed by atoms with E-state index in [2.05, 4.69) is 10.6 Å². The number of halogens is 2. The number of ether oxygens (including phenoxy) is 1. The van der Waals surface area contributed by atoms with Crippen molar-refractivity contribution in [1.82, 2.24) is 5.32 Å². The van der Waals surface area contributed by atoms with Gasteiger partial charge in [0.05, 0.1) is 11.6 Å². The second-order valence-electron chi connectivity index (χ2n) is 3.68. The Morgan fingerprint density at radius 2 is 2.41 bits per heavy atom. The number of nitrogens with one attached hydrogen (secondary N) is 2. The zero-order chi connectivity index (χ0) is 12.3. The van der Waals surface area contributed by atoms with Crippen LogP contribution in [0.25, 0.3) is 0 Å². The SMILES string of the molecule is O=C(Nc1ccc(F)c(Cl)c1)C1CNCCO1. The Balaban J connectivity index is 1.99. The van der Waals surface area contributed by atoms with Gasteiger partial charge >= 0.3 is 0 Å². The first-order valence-corrected chi connectivity index (χ1v) is 5.63. The molecule has 4 nitrogen and oxygen atoms in total. The minimum Gasteiger partial charge on any atom is -0.366 e. The Morgan fingerprint density at radius 1 is 1.59 bits per heavy atom. The first-order valence-electron chi connectivity index (χ1n) is 5.25. The van der Waals surface area contributed by atoms with Crippen LogP contribution in [0.3, 0.4) is 0 Å². The van der Waals surface area contributed by atoms with Crippen molar-refractivity contribution in [3.8, 4) is 0 Å². The van der Waals surface area contributed by atoms with Gasteiger partial charge in [-0.15, -0.1) is 0 Å². The van der Waals surface area contributed by atoms with Crippen molar-refractivity contribution in [2.24, 2.45) is 0 Å². The van der Waals surface area contributed by atoms with E-state index in [1.807, 2.05) is 0 Å². The van der Waals surface area contributed by atoms with Crippen LogP contribution in [-0.4, -0.2) is 31.7 Å². The lowest BCUT2D eigenvalue weighted by Crippen LogP contribution is -2.45. The molecule has 1 atom stereocenters. The zero-order valence-corrected chi connectivity index (χ0v) is 9.76. The molecule has 17 heavy (non-hydrogen) atoms. The highest BCUT2D eigenvalue weighted by molar-refractivity contribution is 6.31. The molecule has 2 rings (SSSR count). The molecular formula is C11H12ClFN2O2. The normalized spacial score (nSPS) is 20.0. The van der Waals surface area contributed by atoms with Gasteiger partial charge < -0.3 is 15.4 Å². The largest absolute Gasteiger partial charge is 0.366 e. The van der Waals surface area contributed by atoms with Crippen LogP contribution in [0.4, 0.5) is 10.1 Å². The maximum absolute atomic E-state index is 12.9. The summed E-state index contributed by atoms with van der Waals surface area (Å²) in [4.78, 5) is 11.8. The summed E-state index contributed by atoms with van der Waals surface area (Å²) in [6.45, 7) is 1.72. The molecule has 1 amide bonds. The van der Waals surface area contributed by atoms with E-state index in [1.54, 1.807) is 0 Å².